The zero-order chi connectivity index (χ0) is 12.1. The Balaban J connectivity index is 2.82. The van der Waals surface area contributed by atoms with E-state index in [0.29, 0.717) is 11.8 Å². The maximum Gasteiger partial charge on any atom is 0.0573 e. The summed E-state index contributed by atoms with van der Waals surface area (Å²) in [5.41, 5.74) is 7.63. The van der Waals surface area contributed by atoms with Gasteiger partial charge in [0.15, 0.2) is 0 Å². The van der Waals surface area contributed by atoms with Crippen molar-refractivity contribution in [1.29, 1.82) is 0 Å². The molecule has 16 heavy (non-hydrogen) atoms. The third-order valence-corrected chi connectivity index (χ3v) is 2.28. The van der Waals surface area contributed by atoms with Crippen molar-refractivity contribution < 1.29 is 0 Å². The van der Waals surface area contributed by atoms with Crippen LogP contribution in [0, 0.1) is 11.8 Å². The number of nitrogens with two attached hydrogens (primary N) is 1. The van der Waals surface area contributed by atoms with E-state index in [0.717, 1.165) is 24.5 Å². The van der Waals surface area contributed by atoms with Gasteiger partial charge in [-0.3, -0.25) is 4.98 Å². The van der Waals surface area contributed by atoms with Crippen LogP contribution in [0.2, 0.25) is 0 Å². The van der Waals surface area contributed by atoms with Crippen molar-refractivity contribution in [2.75, 3.05) is 23.7 Å². The molecule has 0 fully saturated rings. The molecular formula is C13H23N3. The normalized spacial score (nSPS) is 11.1. The SMILES string of the molecule is CC(C)CN(CC(C)C)c1cncc(N)c1. The largest absolute Gasteiger partial charge is 0.397 e. The minimum Gasteiger partial charge on any atom is -0.397 e. The summed E-state index contributed by atoms with van der Waals surface area (Å²) in [6.07, 6.45) is 3.58. The first kappa shape index (κ1) is 12.8. The molecule has 0 aromatic carbocycles. The van der Waals surface area contributed by atoms with Gasteiger partial charge >= 0.3 is 0 Å². The Labute approximate surface area is 98.7 Å². The van der Waals surface area contributed by atoms with Crippen LogP contribution in [0.5, 0.6) is 0 Å². The van der Waals surface area contributed by atoms with Gasteiger partial charge in [-0.1, -0.05) is 27.7 Å². The van der Waals surface area contributed by atoms with E-state index < -0.39 is 0 Å². The molecule has 0 radical (unpaired) electrons. The second-order valence-corrected chi connectivity index (χ2v) is 5.17. The van der Waals surface area contributed by atoms with Crippen LogP contribution in [0.25, 0.3) is 0 Å². The lowest BCUT2D eigenvalue weighted by molar-refractivity contribution is 0.552. The Morgan fingerprint density at radius 2 is 1.69 bits per heavy atom. The van der Waals surface area contributed by atoms with Crippen molar-refractivity contribution in [2.45, 2.75) is 27.7 Å². The van der Waals surface area contributed by atoms with Crippen molar-refractivity contribution in [3.8, 4) is 0 Å². The predicted octanol–water partition coefficient (Wildman–Crippen LogP) is 2.78. The monoisotopic (exact) mass is 221 g/mol. The van der Waals surface area contributed by atoms with Crippen LogP contribution in [0.3, 0.4) is 0 Å². The second kappa shape index (κ2) is 5.73. The zero-order valence-corrected chi connectivity index (χ0v) is 10.8. The molecule has 1 rings (SSSR count). The first-order chi connectivity index (χ1) is 7.49. The van der Waals surface area contributed by atoms with Crippen LogP contribution in [0.1, 0.15) is 27.7 Å². The average molecular weight is 221 g/mol. The van der Waals surface area contributed by atoms with Crippen molar-refractivity contribution in [3.63, 3.8) is 0 Å². The van der Waals surface area contributed by atoms with Crippen LogP contribution in [0.15, 0.2) is 18.5 Å². The molecule has 0 unspecified atom stereocenters. The van der Waals surface area contributed by atoms with Crippen LogP contribution >= 0.6 is 0 Å². The number of rotatable bonds is 5. The minimum absolute atomic E-state index is 0.639. The number of nitrogens with zero attached hydrogens (tertiary/aromatic N) is 2. The summed E-state index contributed by atoms with van der Waals surface area (Å²) in [5.74, 6) is 1.28. The smallest absolute Gasteiger partial charge is 0.0573 e. The molecule has 0 saturated carbocycles. The molecule has 0 atom stereocenters. The molecule has 0 spiro atoms. The molecule has 0 amide bonds. The van der Waals surface area contributed by atoms with Gasteiger partial charge in [0.1, 0.15) is 0 Å². The van der Waals surface area contributed by atoms with Crippen molar-refractivity contribution in [3.05, 3.63) is 18.5 Å². The Morgan fingerprint density at radius 3 is 2.12 bits per heavy atom. The topological polar surface area (TPSA) is 42.2 Å². The number of aromatic nitrogens is 1. The average Bonchev–Trinajstić information content (AvgIpc) is 2.15. The summed E-state index contributed by atoms with van der Waals surface area (Å²) in [7, 11) is 0. The van der Waals surface area contributed by atoms with E-state index in [-0.39, 0.29) is 0 Å². The van der Waals surface area contributed by atoms with Crippen molar-refractivity contribution in [2.24, 2.45) is 11.8 Å². The Hall–Kier alpha value is -1.25. The Morgan fingerprint density at radius 1 is 1.12 bits per heavy atom. The van der Waals surface area contributed by atoms with Gasteiger partial charge in [0.05, 0.1) is 17.6 Å². The van der Waals surface area contributed by atoms with E-state index in [1.807, 2.05) is 12.3 Å². The number of nitrogen functional groups attached to an aromatic ring is 1. The van der Waals surface area contributed by atoms with Crippen LogP contribution in [-0.2, 0) is 0 Å². The highest BCUT2D eigenvalue weighted by Crippen LogP contribution is 2.18. The maximum atomic E-state index is 5.77. The van der Waals surface area contributed by atoms with E-state index in [9.17, 15) is 0 Å². The van der Waals surface area contributed by atoms with Gasteiger partial charge in [-0.05, 0) is 17.9 Å². The molecule has 3 heteroatoms. The lowest BCUT2D eigenvalue weighted by Gasteiger charge is -2.28. The fraction of sp³-hybridized carbons (Fsp3) is 0.615. The standard InChI is InChI=1S/C13H23N3/c1-10(2)8-16(9-11(3)4)13-5-12(14)6-15-7-13/h5-7,10-11H,8-9,14H2,1-4H3. The molecule has 0 aliphatic rings. The van der Waals surface area contributed by atoms with E-state index in [1.165, 1.54) is 0 Å². The number of pyridine rings is 1. The van der Waals surface area contributed by atoms with E-state index in [4.69, 9.17) is 5.73 Å². The number of anilines is 2. The Kier molecular flexibility index (Phi) is 4.59. The lowest BCUT2D eigenvalue weighted by atomic mass is 10.1. The molecule has 1 aromatic rings. The zero-order valence-electron chi connectivity index (χ0n) is 10.8. The van der Waals surface area contributed by atoms with Crippen molar-refractivity contribution >= 4 is 11.4 Å². The number of hydrogen-bond donors (Lipinski definition) is 1. The molecule has 0 aliphatic heterocycles. The highest BCUT2D eigenvalue weighted by Gasteiger charge is 2.10. The van der Waals surface area contributed by atoms with Gasteiger partial charge < -0.3 is 10.6 Å². The molecule has 1 aromatic heterocycles. The van der Waals surface area contributed by atoms with Gasteiger partial charge in [-0.15, -0.1) is 0 Å². The van der Waals surface area contributed by atoms with Crippen LogP contribution < -0.4 is 10.6 Å². The van der Waals surface area contributed by atoms with E-state index in [1.54, 1.807) is 6.20 Å². The molecule has 3 nitrogen and oxygen atoms in total. The summed E-state index contributed by atoms with van der Waals surface area (Å²) in [5, 5.41) is 0. The van der Waals surface area contributed by atoms with Crippen molar-refractivity contribution in [1.82, 2.24) is 4.98 Å². The molecule has 1 heterocycles. The summed E-state index contributed by atoms with van der Waals surface area (Å²) in [6, 6.07) is 2.00. The predicted molar refractivity (Wildman–Crippen MR) is 70.5 cm³/mol. The van der Waals surface area contributed by atoms with E-state index >= 15 is 0 Å². The lowest BCUT2D eigenvalue weighted by Crippen LogP contribution is -2.31. The molecule has 0 saturated heterocycles. The van der Waals surface area contributed by atoms with Gasteiger partial charge in [0.2, 0.25) is 0 Å². The molecule has 90 valence electrons. The minimum atomic E-state index is 0.639. The summed E-state index contributed by atoms with van der Waals surface area (Å²) >= 11 is 0. The van der Waals surface area contributed by atoms with Crippen LogP contribution in [-0.4, -0.2) is 18.1 Å². The fourth-order valence-electron chi connectivity index (χ4n) is 1.78. The third-order valence-electron chi connectivity index (χ3n) is 2.28. The van der Waals surface area contributed by atoms with Gasteiger partial charge in [-0.2, -0.15) is 0 Å². The quantitative estimate of drug-likeness (QED) is 0.831. The Bertz CT molecular complexity index is 311. The summed E-state index contributed by atoms with van der Waals surface area (Å²) in [6.45, 7) is 11.0. The van der Waals surface area contributed by atoms with Gasteiger partial charge in [0.25, 0.3) is 0 Å². The molecule has 2 N–H and O–H groups in total. The van der Waals surface area contributed by atoms with Crippen LogP contribution in [0.4, 0.5) is 11.4 Å². The fourth-order valence-corrected chi connectivity index (χ4v) is 1.78. The second-order valence-electron chi connectivity index (χ2n) is 5.17. The molecular weight excluding hydrogens is 198 g/mol. The summed E-state index contributed by atoms with van der Waals surface area (Å²) in [4.78, 5) is 6.51. The van der Waals surface area contributed by atoms with Gasteiger partial charge in [-0.25, -0.2) is 0 Å². The summed E-state index contributed by atoms with van der Waals surface area (Å²) < 4.78 is 0. The first-order valence-electron chi connectivity index (χ1n) is 5.94. The highest BCUT2D eigenvalue weighted by atomic mass is 15.1. The maximum absolute atomic E-state index is 5.77. The van der Waals surface area contributed by atoms with E-state index in [2.05, 4.69) is 37.6 Å². The molecule has 0 aliphatic carbocycles. The molecule has 0 bridgehead atoms. The van der Waals surface area contributed by atoms with Gasteiger partial charge in [0, 0.05) is 19.3 Å². The first-order valence-corrected chi connectivity index (χ1v) is 5.94. The number of hydrogen-bond acceptors (Lipinski definition) is 3. The third kappa shape index (κ3) is 4.09. The highest BCUT2D eigenvalue weighted by molar-refractivity contribution is 5.53.